The topological polar surface area (TPSA) is 69.6 Å². The molecule has 1 fully saturated rings. The molecule has 0 spiro atoms. The van der Waals surface area contributed by atoms with Gasteiger partial charge in [-0.1, -0.05) is 18.2 Å². The first-order valence-corrected chi connectivity index (χ1v) is 6.55. The molecule has 0 aliphatic carbocycles. The highest BCUT2D eigenvalue weighted by Gasteiger charge is 2.38. The number of nitrogens with one attached hydrogen (secondary N) is 1. The van der Waals surface area contributed by atoms with Gasteiger partial charge in [-0.15, -0.1) is 0 Å². The maximum absolute atomic E-state index is 12.4. The molecule has 0 radical (unpaired) electrons. The molecule has 2 aliphatic heterocycles. The van der Waals surface area contributed by atoms with Gasteiger partial charge in [0.15, 0.2) is 0 Å². The van der Waals surface area contributed by atoms with E-state index in [-0.39, 0.29) is 18.5 Å². The van der Waals surface area contributed by atoms with Crippen molar-refractivity contribution in [2.75, 3.05) is 18.0 Å². The molecule has 0 bridgehead atoms. The Morgan fingerprint density at radius 3 is 2.79 bits per heavy atom. The van der Waals surface area contributed by atoms with Gasteiger partial charge in [-0.3, -0.25) is 9.59 Å². The number of carboxylic acids is 1. The van der Waals surface area contributed by atoms with Crippen LogP contribution in [0.3, 0.4) is 0 Å². The highest BCUT2D eigenvalue weighted by atomic mass is 16.4. The summed E-state index contributed by atoms with van der Waals surface area (Å²) in [6.45, 7) is 1.10. The predicted molar refractivity (Wildman–Crippen MR) is 70.2 cm³/mol. The van der Waals surface area contributed by atoms with Crippen LogP contribution in [0.2, 0.25) is 0 Å². The van der Waals surface area contributed by atoms with Gasteiger partial charge in [-0.2, -0.15) is 0 Å². The number of benzene rings is 1. The third-order valence-electron chi connectivity index (χ3n) is 3.89. The molecule has 5 nitrogen and oxygen atoms in total. The van der Waals surface area contributed by atoms with Crippen molar-refractivity contribution in [3.63, 3.8) is 0 Å². The fourth-order valence-electron chi connectivity index (χ4n) is 2.91. The number of hydrogen-bond acceptors (Lipinski definition) is 3. The lowest BCUT2D eigenvalue weighted by Crippen LogP contribution is -2.43. The minimum absolute atomic E-state index is 0.00583. The van der Waals surface area contributed by atoms with E-state index in [2.05, 4.69) is 5.32 Å². The highest BCUT2D eigenvalue weighted by Crippen LogP contribution is 2.36. The van der Waals surface area contributed by atoms with Gasteiger partial charge in [0.25, 0.3) is 0 Å². The van der Waals surface area contributed by atoms with Crippen LogP contribution in [0.5, 0.6) is 0 Å². The summed E-state index contributed by atoms with van der Waals surface area (Å²) in [7, 11) is 0. The Bertz CT molecular complexity index is 523. The lowest BCUT2D eigenvalue weighted by molar-refractivity contribution is -0.138. The van der Waals surface area contributed by atoms with Crippen LogP contribution in [0.4, 0.5) is 5.69 Å². The van der Waals surface area contributed by atoms with Crippen molar-refractivity contribution in [3.8, 4) is 0 Å². The molecule has 2 atom stereocenters. The molecular weight excluding hydrogens is 244 g/mol. The van der Waals surface area contributed by atoms with Crippen molar-refractivity contribution in [2.24, 2.45) is 0 Å². The zero-order valence-corrected chi connectivity index (χ0v) is 10.5. The molecule has 100 valence electrons. The first-order chi connectivity index (χ1) is 9.18. The molecule has 1 amide bonds. The van der Waals surface area contributed by atoms with E-state index in [0.29, 0.717) is 0 Å². The number of carbonyl (C=O) groups is 2. The van der Waals surface area contributed by atoms with Crippen molar-refractivity contribution in [1.29, 1.82) is 0 Å². The van der Waals surface area contributed by atoms with Crippen molar-refractivity contribution in [3.05, 3.63) is 29.8 Å². The van der Waals surface area contributed by atoms with E-state index in [9.17, 15) is 14.7 Å². The molecule has 1 unspecified atom stereocenters. The average molecular weight is 260 g/mol. The molecule has 1 aromatic rings. The van der Waals surface area contributed by atoms with Gasteiger partial charge < -0.3 is 15.3 Å². The molecule has 1 saturated heterocycles. The van der Waals surface area contributed by atoms with Gasteiger partial charge in [0.1, 0.15) is 5.92 Å². The molecule has 2 heterocycles. The second-order valence-electron chi connectivity index (χ2n) is 5.05. The maximum Gasteiger partial charge on any atom is 0.312 e. The van der Waals surface area contributed by atoms with Crippen LogP contribution < -0.4 is 10.2 Å². The van der Waals surface area contributed by atoms with Crippen LogP contribution in [0.15, 0.2) is 24.3 Å². The van der Waals surface area contributed by atoms with E-state index in [1.165, 1.54) is 0 Å². The van der Waals surface area contributed by atoms with E-state index >= 15 is 0 Å². The lowest BCUT2D eigenvalue weighted by Gasteiger charge is -2.21. The van der Waals surface area contributed by atoms with E-state index in [4.69, 9.17) is 0 Å². The SMILES string of the molecule is O=C(O)C1CN(C(=O)[C@H]2CCCN2)c2ccccc21. The second-order valence-corrected chi connectivity index (χ2v) is 5.05. The van der Waals surface area contributed by atoms with Crippen LogP contribution in [0.1, 0.15) is 24.3 Å². The number of rotatable bonds is 2. The Labute approximate surface area is 111 Å². The van der Waals surface area contributed by atoms with Gasteiger partial charge in [-0.25, -0.2) is 0 Å². The number of para-hydroxylation sites is 1. The standard InChI is InChI=1S/C14H16N2O3/c17-13(11-5-3-7-15-11)16-8-10(14(18)19)9-4-1-2-6-12(9)16/h1-2,4,6,10-11,15H,3,5,7-8H2,(H,18,19)/t10?,11-/m1/s1. The third-order valence-corrected chi connectivity index (χ3v) is 3.89. The number of carboxylic acid groups (broad SMARTS) is 1. The van der Waals surface area contributed by atoms with Crippen LogP contribution in [0, 0.1) is 0 Å². The highest BCUT2D eigenvalue weighted by molar-refractivity contribution is 6.01. The summed E-state index contributed by atoms with van der Waals surface area (Å²) >= 11 is 0. The minimum atomic E-state index is -0.873. The third kappa shape index (κ3) is 2.00. The van der Waals surface area contributed by atoms with Crippen LogP contribution >= 0.6 is 0 Å². The first kappa shape index (κ1) is 12.2. The summed E-state index contributed by atoms with van der Waals surface area (Å²) in [5, 5.41) is 12.4. The van der Waals surface area contributed by atoms with Crippen LogP contribution in [-0.2, 0) is 9.59 Å². The molecule has 0 aromatic heterocycles. The van der Waals surface area contributed by atoms with Gasteiger partial charge in [-0.05, 0) is 31.0 Å². The average Bonchev–Trinajstić information content (AvgIpc) is 3.05. The van der Waals surface area contributed by atoms with E-state index in [0.717, 1.165) is 30.6 Å². The maximum atomic E-state index is 12.4. The molecule has 2 aliphatic rings. The number of hydrogen-bond donors (Lipinski definition) is 2. The summed E-state index contributed by atoms with van der Waals surface area (Å²) < 4.78 is 0. The lowest BCUT2D eigenvalue weighted by atomic mass is 10.0. The fourth-order valence-corrected chi connectivity index (χ4v) is 2.91. The van der Waals surface area contributed by atoms with Crippen LogP contribution in [0.25, 0.3) is 0 Å². The molecule has 0 saturated carbocycles. The molecule has 1 aromatic carbocycles. The summed E-state index contributed by atoms with van der Waals surface area (Å²) in [5.41, 5.74) is 1.48. The predicted octanol–water partition coefficient (Wildman–Crippen LogP) is 0.953. The van der Waals surface area contributed by atoms with Crippen molar-refractivity contribution in [1.82, 2.24) is 5.32 Å². The van der Waals surface area contributed by atoms with Gasteiger partial charge >= 0.3 is 5.97 Å². The summed E-state index contributed by atoms with van der Waals surface area (Å²) in [5.74, 6) is -1.49. The van der Waals surface area contributed by atoms with E-state index < -0.39 is 11.9 Å². The second kappa shape index (κ2) is 4.66. The Morgan fingerprint density at radius 2 is 2.11 bits per heavy atom. The number of aliphatic carboxylic acids is 1. The van der Waals surface area contributed by atoms with Crippen LogP contribution in [-0.4, -0.2) is 36.1 Å². The van der Waals surface area contributed by atoms with E-state index in [1.54, 1.807) is 11.0 Å². The quantitative estimate of drug-likeness (QED) is 0.830. The monoisotopic (exact) mass is 260 g/mol. The molecule has 5 heteroatoms. The summed E-state index contributed by atoms with van der Waals surface area (Å²) in [6.07, 6.45) is 1.82. The summed E-state index contributed by atoms with van der Waals surface area (Å²) in [6, 6.07) is 7.11. The summed E-state index contributed by atoms with van der Waals surface area (Å²) in [4.78, 5) is 25.4. The normalized spacial score (nSPS) is 25.4. The Kier molecular flexibility index (Phi) is 2.98. The number of carbonyl (C=O) groups excluding carboxylic acids is 1. The number of nitrogens with zero attached hydrogens (tertiary/aromatic N) is 1. The van der Waals surface area contributed by atoms with Crippen molar-refractivity contribution < 1.29 is 14.7 Å². The Morgan fingerprint density at radius 1 is 1.32 bits per heavy atom. The van der Waals surface area contributed by atoms with Gasteiger partial charge in [0, 0.05) is 12.2 Å². The number of amides is 1. The zero-order valence-electron chi connectivity index (χ0n) is 10.5. The number of anilines is 1. The first-order valence-electron chi connectivity index (χ1n) is 6.55. The smallest absolute Gasteiger partial charge is 0.312 e. The molecule has 19 heavy (non-hydrogen) atoms. The number of fused-ring (bicyclic) bond motifs is 1. The fraction of sp³-hybridized carbons (Fsp3) is 0.429. The van der Waals surface area contributed by atoms with Gasteiger partial charge in [0.2, 0.25) is 5.91 Å². The minimum Gasteiger partial charge on any atom is -0.481 e. The van der Waals surface area contributed by atoms with Crippen molar-refractivity contribution >= 4 is 17.6 Å². The Hall–Kier alpha value is -1.88. The van der Waals surface area contributed by atoms with Gasteiger partial charge in [0.05, 0.1) is 6.04 Å². The molecule has 2 N–H and O–H groups in total. The zero-order chi connectivity index (χ0) is 13.4. The largest absolute Gasteiger partial charge is 0.481 e. The van der Waals surface area contributed by atoms with Crippen molar-refractivity contribution in [2.45, 2.75) is 24.8 Å². The van der Waals surface area contributed by atoms with E-state index in [1.807, 2.05) is 18.2 Å². The Balaban J connectivity index is 1.91. The molecule has 3 rings (SSSR count). The molecular formula is C14H16N2O3.